The lowest BCUT2D eigenvalue weighted by molar-refractivity contribution is 0.0952. The van der Waals surface area contributed by atoms with Gasteiger partial charge < -0.3 is 26.3 Å². The van der Waals surface area contributed by atoms with Gasteiger partial charge in [-0.05, 0) is 54.7 Å². The zero-order valence-electron chi connectivity index (χ0n) is 19.6. The third-order valence-electron chi connectivity index (χ3n) is 6.15. The van der Waals surface area contributed by atoms with Gasteiger partial charge in [0.05, 0.1) is 25.3 Å². The Morgan fingerprint density at radius 2 is 2.17 bits per heavy atom. The van der Waals surface area contributed by atoms with E-state index in [0.29, 0.717) is 25.3 Å². The van der Waals surface area contributed by atoms with Crippen LogP contribution in [0, 0.1) is 5.82 Å². The molecule has 1 aromatic heterocycles. The van der Waals surface area contributed by atoms with Crippen molar-refractivity contribution in [2.45, 2.75) is 25.8 Å². The number of nitrogens with zero attached hydrogens (tertiary/aromatic N) is 2. The van der Waals surface area contributed by atoms with Gasteiger partial charge in [-0.15, -0.1) is 0 Å². The van der Waals surface area contributed by atoms with E-state index < -0.39 is 17.6 Å². The number of benzene rings is 1. The molecule has 1 unspecified atom stereocenters. The Morgan fingerprint density at radius 1 is 1.37 bits per heavy atom. The number of nitrogen functional groups attached to an aromatic ring is 1. The van der Waals surface area contributed by atoms with Crippen LogP contribution in [-0.4, -0.2) is 48.5 Å². The molecule has 10 heteroatoms. The molecule has 1 aliphatic carbocycles. The predicted molar refractivity (Wildman–Crippen MR) is 129 cm³/mol. The van der Waals surface area contributed by atoms with Crippen LogP contribution in [0.4, 0.5) is 10.2 Å². The Kier molecular flexibility index (Phi) is 7.02. The number of hydrogen-bond acceptors (Lipinski definition) is 6. The van der Waals surface area contributed by atoms with Gasteiger partial charge in [-0.2, -0.15) is 5.10 Å². The highest BCUT2D eigenvalue weighted by atomic mass is 19.1. The largest absolute Gasteiger partial charge is 0.496 e. The number of nitrogens with two attached hydrogens (primary N) is 2. The van der Waals surface area contributed by atoms with E-state index in [2.05, 4.69) is 10.4 Å². The van der Waals surface area contributed by atoms with Gasteiger partial charge in [-0.3, -0.25) is 9.59 Å². The van der Waals surface area contributed by atoms with Crippen molar-refractivity contribution in [2.75, 3.05) is 32.6 Å². The standard InChI is InChI=1S/C25H28FN5O4/c1-14-10-15(22-21(24(28)32)23(27)31(30-22)18-8-9-35-13-18)4-3-5-16(14)12-29-25(33)19-11-17(26)6-7-20(19)34-2/h3,5-7,10-11,18H,4,8-9,12-13,27H2,1-2H3,(H2,28,32)(H,29,33). The van der Waals surface area contributed by atoms with Crippen molar-refractivity contribution in [1.82, 2.24) is 15.1 Å². The quantitative estimate of drug-likeness (QED) is 0.557. The van der Waals surface area contributed by atoms with Crippen molar-refractivity contribution in [3.63, 3.8) is 0 Å². The second kappa shape index (κ2) is 10.1. The fraction of sp³-hybridized carbons (Fsp3) is 0.320. The van der Waals surface area contributed by atoms with Gasteiger partial charge in [0, 0.05) is 13.2 Å². The third kappa shape index (κ3) is 4.97. The van der Waals surface area contributed by atoms with Crippen LogP contribution in [0.2, 0.25) is 0 Å². The molecule has 2 aliphatic rings. The normalized spacial score (nSPS) is 17.8. The monoisotopic (exact) mass is 481 g/mol. The fourth-order valence-corrected chi connectivity index (χ4v) is 4.27. The summed E-state index contributed by atoms with van der Waals surface area (Å²) >= 11 is 0. The molecule has 5 N–H and O–H groups in total. The maximum absolute atomic E-state index is 13.7. The van der Waals surface area contributed by atoms with Crippen LogP contribution >= 0.6 is 0 Å². The van der Waals surface area contributed by atoms with Crippen LogP contribution in [0.5, 0.6) is 5.75 Å². The number of methoxy groups -OCH3 is 1. The van der Waals surface area contributed by atoms with E-state index >= 15 is 0 Å². The summed E-state index contributed by atoms with van der Waals surface area (Å²) in [6, 6.07) is 3.73. The topological polar surface area (TPSA) is 134 Å². The molecule has 1 fully saturated rings. The molecule has 35 heavy (non-hydrogen) atoms. The van der Waals surface area contributed by atoms with Crippen molar-refractivity contribution in [2.24, 2.45) is 5.73 Å². The van der Waals surface area contributed by atoms with E-state index in [1.165, 1.54) is 19.2 Å². The summed E-state index contributed by atoms with van der Waals surface area (Å²) in [7, 11) is 1.42. The number of nitrogens with one attached hydrogen (secondary N) is 1. The molecule has 1 atom stereocenters. The number of carbonyl (C=O) groups is 2. The minimum atomic E-state index is -0.644. The Labute approximate surface area is 202 Å². The molecule has 0 spiro atoms. The summed E-state index contributed by atoms with van der Waals surface area (Å²) in [4.78, 5) is 24.9. The van der Waals surface area contributed by atoms with Crippen LogP contribution in [0.3, 0.4) is 0 Å². The molecule has 184 valence electrons. The number of primary amides is 1. The molecule has 2 aromatic rings. The van der Waals surface area contributed by atoms with Gasteiger partial charge in [-0.1, -0.05) is 18.2 Å². The molecular weight excluding hydrogens is 453 g/mol. The first-order chi connectivity index (χ1) is 16.8. The number of aromatic nitrogens is 2. The van der Waals surface area contributed by atoms with Gasteiger partial charge in [0.15, 0.2) is 0 Å². The summed E-state index contributed by atoms with van der Waals surface area (Å²) in [5, 5.41) is 7.46. The zero-order valence-corrected chi connectivity index (χ0v) is 19.6. The summed E-state index contributed by atoms with van der Waals surface area (Å²) in [6.07, 6.45) is 6.97. The SMILES string of the molecule is COc1ccc(F)cc1C(=O)NCC1=C(C)C=C(c2nn(C3CCOC3)c(N)c2C(N)=O)CC=C1. The highest BCUT2D eigenvalue weighted by Gasteiger charge is 2.28. The lowest BCUT2D eigenvalue weighted by atomic mass is 10.0. The molecule has 0 saturated carbocycles. The number of anilines is 1. The summed E-state index contributed by atoms with van der Waals surface area (Å²) in [5.41, 5.74) is 15.2. The Morgan fingerprint density at radius 3 is 2.86 bits per heavy atom. The smallest absolute Gasteiger partial charge is 0.255 e. The molecule has 0 bridgehead atoms. The minimum absolute atomic E-state index is 0.0500. The van der Waals surface area contributed by atoms with Crippen LogP contribution < -0.4 is 21.5 Å². The molecule has 1 aromatic carbocycles. The highest BCUT2D eigenvalue weighted by molar-refractivity contribution is 6.02. The number of carbonyl (C=O) groups excluding carboxylic acids is 2. The first-order valence-corrected chi connectivity index (χ1v) is 11.2. The fourth-order valence-electron chi connectivity index (χ4n) is 4.27. The lowest BCUT2D eigenvalue weighted by Gasteiger charge is -2.11. The number of rotatable bonds is 7. The van der Waals surface area contributed by atoms with Crippen LogP contribution in [0.15, 0.2) is 47.6 Å². The molecule has 9 nitrogen and oxygen atoms in total. The molecule has 1 saturated heterocycles. The highest BCUT2D eigenvalue weighted by Crippen LogP contribution is 2.32. The van der Waals surface area contributed by atoms with Crippen LogP contribution in [-0.2, 0) is 4.74 Å². The summed E-state index contributed by atoms with van der Waals surface area (Å²) in [5.74, 6) is -1.11. The number of ether oxygens (including phenoxy) is 2. The zero-order chi connectivity index (χ0) is 25.1. The van der Waals surface area contributed by atoms with Gasteiger partial charge in [0.2, 0.25) is 0 Å². The maximum Gasteiger partial charge on any atom is 0.255 e. The maximum atomic E-state index is 13.7. The lowest BCUT2D eigenvalue weighted by Crippen LogP contribution is -2.26. The predicted octanol–water partition coefficient (Wildman–Crippen LogP) is 2.76. The van der Waals surface area contributed by atoms with Crippen molar-refractivity contribution < 1.29 is 23.5 Å². The van der Waals surface area contributed by atoms with Crippen molar-refractivity contribution >= 4 is 23.2 Å². The van der Waals surface area contributed by atoms with Gasteiger partial charge in [0.25, 0.3) is 11.8 Å². The number of halogens is 1. The van der Waals surface area contributed by atoms with Crippen molar-refractivity contribution in [3.05, 3.63) is 70.2 Å². The van der Waals surface area contributed by atoms with Gasteiger partial charge in [0.1, 0.15) is 28.6 Å². The van der Waals surface area contributed by atoms with E-state index in [4.69, 9.17) is 20.9 Å². The number of hydrogen-bond donors (Lipinski definition) is 3. The van der Waals surface area contributed by atoms with E-state index in [1.54, 1.807) is 4.68 Å². The van der Waals surface area contributed by atoms with E-state index in [0.717, 1.165) is 29.2 Å². The minimum Gasteiger partial charge on any atom is -0.496 e. The molecule has 2 heterocycles. The first-order valence-electron chi connectivity index (χ1n) is 11.2. The van der Waals surface area contributed by atoms with Gasteiger partial charge in [-0.25, -0.2) is 9.07 Å². The molecule has 4 rings (SSSR count). The summed E-state index contributed by atoms with van der Waals surface area (Å²) in [6.45, 7) is 3.19. The number of allylic oxidation sites excluding steroid dienone is 4. The molecule has 0 radical (unpaired) electrons. The first kappa shape index (κ1) is 24.2. The van der Waals surface area contributed by atoms with Gasteiger partial charge >= 0.3 is 0 Å². The second-order valence-corrected chi connectivity index (χ2v) is 8.45. The number of amides is 2. The van der Waals surface area contributed by atoms with E-state index in [9.17, 15) is 14.0 Å². The van der Waals surface area contributed by atoms with Crippen LogP contribution in [0.25, 0.3) is 5.57 Å². The Balaban J connectivity index is 1.60. The second-order valence-electron chi connectivity index (χ2n) is 8.45. The van der Waals surface area contributed by atoms with Crippen molar-refractivity contribution in [3.8, 4) is 5.75 Å². The Bertz CT molecular complexity index is 1250. The van der Waals surface area contributed by atoms with Crippen LogP contribution in [0.1, 0.15) is 52.2 Å². The van der Waals surface area contributed by atoms with Crippen molar-refractivity contribution in [1.29, 1.82) is 0 Å². The van der Waals surface area contributed by atoms with E-state index in [1.807, 2.05) is 25.2 Å². The molecule has 1 aliphatic heterocycles. The molecular formula is C25H28FN5O4. The summed E-state index contributed by atoms with van der Waals surface area (Å²) < 4.78 is 25.9. The van der Waals surface area contributed by atoms with E-state index in [-0.39, 0.29) is 35.3 Å². The average Bonchev–Trinajstić information content (AvgIpc) is 3.43. The molecule has 2 amide bonds. The average molecular weight is 482 g/mol. The Hall–Kier alpha value is -3.92. The third-order valence-corrected chi connectivity index (χ3v) is 6.15.